The van der Waals surface area contributed by atoms with Crippen LogP contribution >= 0.6 is 11.6 Å². The number of allylic oxidation sites excluding steroid dienone is 1. The van der Waals surface area contributed by atoms with Gasteiger partial charge in [-0.1, -0.05) is 54.1 Å². The summed E-state index contributed by atoms with van der Waals surface area (Å²) < 4.78 is 1.69. The molecule has 3 nitrogen and oxygen atoms in total. The van der Waals surface area contributed by atoms with Crippen LogP contribution in [0.3, 0.4) is 0 Å². The fourth-order valence-corrected chi connectivity index (χ4v) is 2.27. The highest BCUT2D eigenvalue weighted by molar-refractivity contribution is 6.33. The highest BCUT2D eigenvalue weighted by atomic mass is 35.5. The molecule has 0 amide bonds. The molecule has 4 heteroatoms. The van der Waals surface area contributed by atoms with Gasteiger partial charge in [-0.25, -0.2) is 4.98 Å². The van der Waals surface area contributed by atoms with Gasteiger partial charge in [0.05, 0.1) is 0 Å². The fourth-order valence-electron chi connectivity index (χ4n) is 2.00. The molecular formula is C16H11ClN2O. The van der Waals surface area contributed by atoms with Crippen molar-refractivity contribution in [3.8, 4) is 0 Å². The number of nitrogens with zero attached hydrogens (tertiary/aromatic N) is 2. The van der Waals surface area contributed by atoms with E-state index in [1.54, 1.807) is 16.7 Å². The van der Waals surface area contributed by atoms with Crippen LogP contribution in [0.4, 0.5) is 0 Å². The highest BCUT2D eigenvalue weighted by Gasteiger charge is 2.15. The molecule has 0 aliphatic heterocycles. The van der Waals surface area contributed by atoms with Gasteiger partial charge < -0.3 is 0 Å². The van der Waals surface area contributed by atoms with Crippen molar-refractivity contribution in [2.45, 2.75) is 0 Å². The second-order valence-electron chi connectivity index (χ2n) is 4.29. The Bertz CT molecular complexity index is 791. The predicted molar refractivity (Wildman–Crippen MR) is 80.0 cm³/mol. The van der Waals surface area contributed by atoms with Gasteiger partial charge in [0, 0.05) is 6.20 Å². The third-order valence-corrected chi connectivity index (χ3v) is 3.21. The summed E-state index contributed by atoms with van der Waals surface area (Å²) in [5.41, 5.74) is 2.01. The minimum Gasteiger partial charge on any atom is -0.295 e. The molecule has 0 spiro atoms. The first kappa shape index (κ1) is 12.6. The lowest BCUT2D eigenvalue weighted by Crippen LogP contribution is -2.00. The number of hydrogen-bond donors (Lipinski definition) is 0. The number of benzene rings is 1. The first-order valence-electron chi connectivity index (χ1n) is 6.16. The van der Waals surface area contributed by atoms with Crippen molar-refractivity contribution in [2.24, 2.45) is 0 Å². The number of hydrogen-bond acceptors (Lipinski definition) is 2. The van der Waals surface area contributed by atoms with Crippen molar-refractivity contribution < 1.29 is 4.79 Å². The number of ketones is 1. The highest BCUT2D eigenvalue weighted by Crippen LogP contribution is 2.18. The van der Waals surface area contributed by atoms with E-state index < -0.39 is 0 Å². The normalized spacial score (nSPS) is 11.2. The number of carbonyl (C=O) groups excluding carboxylic acids is 1. The van der Waals surface area contributed by atoms with Gasteiger partial charge in [0.1, 0.15) is 11.3 Å². The van der Waals surface area contributed by atoms with E-state index in [4.69, 9.17) is 11.6 Å². The molecule has 0 saturated carbocycles. The maximum Gasteiger partial charge on any atom is 0.205 e. The second kappa shape index (κ2) is 5.31. The number of carbonyl (C=O) groups is 1. The molecule has 98 valence electrons. The monoisotopic (exact) mass is 282 g/mol. The van der Waals surface area contributed by atoms with Crippen LogP contribution < -0.4 is 0 Å². The Kier molecular flexibility index (Phi) is 3.35. The molecular weight excluding hydrogens is 272 g/mol. The molecule has 0 aliphatic carbocycles. The zero-order valence-corrected chi connectivity index (χ0v) is 11.3. The fraction of sp³-hybridized carbons (Fsp3) is 0. The van der Waals surface area contributed by atoms with Crippen LogP contribution in [0.2, 0.25) is 5.15 Å². The molecule has 2 aromatic heterocycles. The van der Waals surface area contributed by atoms with Crippen molar-refractivity contribution in [3.05, 3.63) is 77.2 Å². The molecule has 0 atom stereocenters. The molecule has 3 rings (SSSR count). The van der Waals surface area contributed by atoms with E-state index in [0.29, 0.717) is 11.3 Å². The molecule has 1 aromatic carbocycles. The zero-order chi connectivity index (χ0) is 13.9. The van der Waals surface area contributed by atoms with Crippen molar-refractivity contribution >= 4 is 29.1 Å². The molecule has 2 heterocycles. The average molecular weight is 283 g/mol. The number of imidazole rings is 1. The van der Waals surface area contributed by atoms with Crippen molar-refractivity contribution in [1.82, 2.24) is 9.38 Å². The Morgan fingerprint density at radius 1 is 1.10 bits per heavy atom. The van der Waals surface area contributed by atoms with Gasteiger partial charge in [0.2, 0.25) is 5.78 Å². The summed E-state index contributed by atoms with van der Waals surface area (Å²) in [7, 11) is 0. The lowest BCUT2D eigenvalue weighted by Gasteiger charge is -1.97. The smallest absolute Gasteiger partial charge is 0.205 e. The van der Waals surface area contributed by atoms with E-state index in [0.717, 1.165) is 5.56 Å². The molecule has 20 heavy (non-hydrogen) atoms. The van der Waals surface area contributed by atoms with E-state index in [1.807, 2.05) is 48.5 Å². The van der Waals surface area contributed by atoms with Gasteiger partial charge in [0.25, 0.3) is 0 Å². The standard InChI is InChI=1S/C16H11ClN2O/c17-16-15(19-11-5-4-8-14(19)18-16)13(20)10-9-12-6-2-1-3-7-12/h1-11H. The largest absolute Gasteiger partial charge is 0.295 e. The minimum absolute atomic E-state index is 0.169. The lowest BCUT2D eigenvalue weighted by atomic mass is 10.2. The van der Waals surface area contributed by atoms with Crippen LogP contribution in [0.25, 0.3) is 11.7 Å². The SMILES string of the molecule is O=C(C=Cc1ccccc1)c1c(Cl)nc2ccccn12. The van der Waals surface area contributed by atoms with Gasteiger partial charge in [-0.2, -0.15) is 0 Å². The Morgan fingerprint density at radius 3 is 2.65 bits per heavy atom. The summed E-state index contributed by atoms with van der Waals surface area (Å²) >= 11 is 6.06. The van der Waals surface area contributed by atoms with E-state index in [1.165, 1.54) is 6.08 Å². The third-order valence-electron chi connectivity index (χ3n) is 2.95. The van der Waals surface area contributed by atoms with Crippen LogP contribution in [0.5, 0.6) is 0 Å². The first-order chi connectivity index (χ1) is 9.75. The molecule has 0 radical (unpaired) electrons. The summed E-state index contributed by atoms with van der Waals surface area (Å²) in [6.45, 7) is 0. The average Bonchev–Trinajstić information content (AvgIpc) is 2.82. The number of fused-ring (bicyclic) bond motifs is 1. The quantitative estimate of drug-likeness (QED) is 0.540. The maximum atomic E-state index is 12.3. The number of aromatic nitrogens is 2. The summed E-state index contributed by atoms with van der Waals surface area (Å²) in [6, 6.07) is 15.1. The van der Waals surface area contributed by atoms with E-state index in [-0.39, 0.29) is 10.9 Å². The molecule has 0 saturated heterocycles. The number of halogens is 1. The molecule has 0 bridgehead atoms. The molecule has 0 unspecified atom stereocenters. The summed E-state index contributed by atoms with van der Waals surface area (Å²) in [4.78, 5) is 16.4. The molecule has 0 aliphatic rings. The van der Waals surface area contributed by atoms with Gasteiger partial charge >= 0.3 is 0 Å². The minimum atomic E-state index is -0.169. The van der Waals surface area contributed by atoms with Gasteiger partial charge in [-0.15, -0.1) is 0 Å². The maximum absolute atomic E-state index is 12.3. The zero-order valence-electron chi connectivity index (χ0n) is 10.5. The topological polar surface area (TPSA) is 34.4 Å². The van der Waals surface area contributed by atoms with Crippen LogP contribution in [0.15, 0.2) is 60.8 Å². The summed E-state index contributed by atoms with van der Waals surface area (Å²) in [5.74, 6) is -0.169. The van der Waals surface area contributed by atoms with Crippen molar-refractivity contribution in [3.63, 3.8) is 0 Å². The predicted octanol–water partition coefficient (Wildman–Crippen LogP) is 3.88. The Labute approximate surface area is 121 Å². The van der Waals surface area contributed by atoms with Crippen LogP contribution in [0.1, 0.15) is 16.1 Å². The molecule has 0 fully saturated rings. The number of rotatable bonds is 3. The van der Waals surface area contributed by atoms with Gasteiger partial charge in [-0.05, 0) is 23.8 Å². The van der Waals surface area contributed by atoms with Crippen LogP contribution in [0, 0.1) is 0 Å². The Hall–Kier alpha value is -2.39. The van der Waals surface area contributed by atoms with Crippen molar-refractivity contribution in [1.29, 1.82) is 0 Å². The van der Waals surface area contributed by atoms with E-state index in [2.05, 4.69) is 4.98 Å². The summed E-state index contributed by atoms with van der Waals surface area (Å²) in [6.07, 6.45) is 5.05. The number of pyridine rings is 1. The van der Waals surface area contributed by atoms with E-state index >= 15 is 0 Å². The second-order valence-corrected chi connectivity index (χ2v) is 4.65. The van der Waals surface area contributed by atoms with E-state index in [9.17, 15) is 4.79 Å². The van der Waals surface area contributed by atoms with Crippen LogP contribution in [-0.2, 0) is 0 Å². The molecule has 3 aromatic rings. The third kappa shape index (κ3) is 2.36. The van der Waals surface area contributed by atoms with Crippen molar-refractivity contribution in [2.75, 3.05) is 0 Å². The first-order valence-corrected chi connectivity index (χ1v) is 6.53. The Morgan fingerprint density at radius 2 is 1.85 bits per heavy atom. The van der Waals surface area contributed by atoms with Crippen LogP contribution in [-0.4, -0.2) is 15.2 Å². The van der Waals surface area contributed by atoms with Gasteiger partial charge in [-0.3, -0.25) is 9.20 Å². The lowest BCUT2D eigenvalue weighted by molar-refractivity contribution is 0.104. The summed E-state index contributed by atoms with van der Waals surface area (Å²) in [5, 5.41) is 0.221. The van der Waals surface area contributed by atoms with Gasteiger partial charge in [0.15, 0.2) is 5.15 Å². The Balaban J connectivity index is 1.97. The molecule has 0 N–H and O–H groups in total.